The van der Waals surface area contributed by atoms with E-state index in [2.05, 4.69) is 15.4 Å². The summed E-state index contributed by atoms with van der Waals surface area (Å²) >= 11 is 0. The fourth-order valence-electron chi connectivity index (χ4n) is 1.40. The molecule has 2 rings (SSSR count). The molecule has 2 aromatic rings. The van der Waals surface area contributed by atoms with E-state index in [1.165, 1.54) is 4.68 Å². The number of hydrogen-bond donors (Lipinski definition) is 2. The first-order valence-electron chi connectivity index (χ1n) is 4.64. The number of anilines is 2. The van der Waals surface area contributed by atoms with Gasteiger partial charge in [0, 0.05) is 19.4 Å². The molecule has 2 heterocycles. The molecule has 0 spiro atoms. The number of hydrogen-bond acceptors (Lipinski definition) is 5. The van der Waals surface area contributed by atoms with E-state index in [1.807, 2.05) is 6.07 Å². The van der Waals surface area contributed by atoms with Crippen molar-refractivity contribution in [1.29, 1.82) is 5.26 Å². The third-order valence-corrected chi connectivity index (χ3v) is 2.18. The Bertz CT molecular complexity index is 536. The quantitative estimate of drug-likeness (QED) is 0.770. The smallest absolute Gasteiger partial charge is 0.168 e. The number of nitrogens with one attached hydrogen (secondary N) is 1. The summed E-state index contributed by atoms with van der Waals surface area (Å²) in [5.74, 6) is 0.787. The number of nitriles is 1. The van der Waals surface area contributed by atoms with Crippen LogP contribution in [0.15, 0.2) is 24.5 Å². The minimum atomic E-state index is 0.318. The Hall–Kier alpha value is -2.55. The number of aromatic nitrogens is 3. The van der Waals surface area contributed by atoms with Gasteiger partial charge in [0.1, 0.15) is 17.5 Å². The fourth-order valence-corrected chi connectivity index (χ4v) is 1.40. The molecular formula is C10H10N6. The van der Waals surface area contributed by atoms with Gasteiger partial charge < -0.3 is 11.1 Å². The minimum Gasteiger partial charge on any atom is -0.382 e. The molecular weight excluding hydrogens is 204 g/mol. The molecule has 0 atom stereocenters. The van der Waals surface area contributed by atoms with Crippen LogP contribution in [-0.2, 0) is 0 Å². The Morgan fingerprint density at radius 1 is 1.44 bits per heavy atom. The van der Waals surface area contributed by atoms with Gasteiger partial charge in [-0.1, -0.05) is 0 Å². The highest BCUT2D eigenvalue weighted by Gasteiger charge is 2.14. The zero-order valence-electron chi connectivity index (χ0n) is 8.68. The molecule has 0 amide bonds. The molecule has 80 valence electrons. The number of nitrogen functional groups attached to an aromatic ring is 1. The van der Waals surface area contributed by atoms with E-state index in [9.17, 15) is 0 Å². The maximum Gasteiger partial charge on any atom is 0.168 e. The second-order valence-corrected chi connectivity index (χ2v) is 3.09. The zero-order chi connectivity index (χ0) is 11.5. The molecule has 0 radical (unpaired) electrons. The molecule has 16 heavy (non-hydrogen) atoms. The number of nitrogens with zero attached hydrogens (tertiary/aromatic N) is 4. The van der Waals surface area contributed by atoms with Crippen LogP contribution in [0.4, 0.5) is 11.6 Å². The second-order valence-electron chi connectivity index (χ2n) is 3.09. The SMILES string of the molecule is CNc1nn(-c2ccncc2)c(N)c1C#N. The van der Waals surface area contributed by atoms with Crippen LogP contribution < -0.4 is 11.1 Å². The van der Waals surface area contributed by atoms with Crippen LogP contribution in [0, 0.1) is 11.3 Å². The predicted octanol–water partition coefficient (Wildman–Crippen LogP) is 0.763. The topological polar surface area (TPSA) is 92.6 Å². The Morgan fingerprint density at radius 2 is 2.12 bits per heavy atom. The lowest BCUT2D eigenvalue weighted by Gasteiger charge is -2.01. The van der Waals surface area contributed by atoms with E-state index in [0.717, 1.165) is 5.69 Å². The number of nitrogens with two attached hydrogens (primary N) is 1. The highest BCUT2D eigenvalue weighted by molar-refractivity contribution is 5.65. The van der Waals surface area contributed by atoms with Crippen molar-refractivity contribution in [2.45, 2.75) is 0 Å². The van der Waals surface area contributed by atoms with Crippen LogP contribution >= 0.6 is 0 Å². The fraction of sp³-hybridized carbons (Fsp3) is 0.100. The molecule has 0 aliphatic rings. The van der Waals surface area contributed by atoms with E-state index in [-0.39, 0.29) is 0 Å². The monoisotopic (exact) mass is 214 g/mol. The van der Waals surface area contributed by atoms with Crippen LogP contribution in [0.25, 0.3) is 5.69 Å². The van der Waals surface area contributed by atoms with Crippen LogP contribution in [0.5, 0.6) is 0 Å². The van der Waals surface area contributed by atoms with E-state index in [0.29, 0.717) is 17.2 Å². The van der Waals surface area contributed by atoms with Gasteiger partial charge in [0.15, 0.2) is 5.82 Å². The lowest BCUT2D eigenvalue weighted by Crippen LogP contribution is -2.02. The van der Waals surface area contributed by atoms with Crippen molar-refractivity contribution in [2.24, 2.45) is 0 Å². The minimum absolute atomic E-state index is 0.318. The summed E-state index contributed by atoms with van der Waals surface area (Å²) in [5, 5.41) is 16.0. The molecule has 2 aromatic heterocycles. The van der Waals surface area contributed by atoms with Crippen molar-refractivity contribution in [3.05, 3.63) is 30.1 Å². The first-order valence-corrected chi connectivity index (χ1v) is 4.64. The largest absolute Gasteiger partial charge is 0.382 e. The third kappa shape index (κ3) is 1.44. The van der Waals surface area contributed by atoms with Crippen molar-refractivity contribution in [3.8, 4) is 11.8 Å². The Morgan fingerprint density at radius 3 is 2.62 bits per heavy atom. The van der Waals surface area contributed by atoms with Gasteiger partial charge in [0.25, 0.3) is 0 Å². The first-order chi connectivity index (χ1) is 7.77. The normalized spacial score (nSPS) is 9.75. The summed E-state index contributed by atoms with van der Waals surface area (Å²) in [4.78, 5) is 3.91. The number of rotatable bonds is 2. The van der Waals surface area contributed by atoms with Gasteiger partial charge >= 0.3 is 0 Å². The van der Waals surface area contributed by atoms with Crippen molar-refractivity contribution in [3.63, 3.8) is 0 Å². The van der Waals surface area contributed by atoms with Gasteiger partial charge in [-0.15, -0.1) is 5.10 Å². The summed E-state index contributed by atoms with van der Waals surface area (Å²) < 4.78 is 1.51. The molecule has 0 aliphatic heterocycles. The Kier molecular flexibility index (Phi) is 2.44. The summed E-state index contributed by atoms with van der Waals surface area (Å²) in [6.45, 7) is 0. The van der Waals surface area contributed by atoms with Gasteiger partial charge in [-0.2, -0.15) is 5.26 Å². The van der Waals surface area contributed by atoms with Gasteiger partial charge in [0.2, 0.25) is 0 Å². The van der Waals surface area contributed by atoms with Crippen molar-refractivity contribution in [2.75, 3.05) is 18.1 Å². The molecule has 0 aromatic carbocycles. The lowest BCUT2D eigenvalue weighted by molar-refractivity contribution is 0.890. The van der Waals surface area contributed by atoms with Gasteiger partial charge in [-0.3, -0.25) is 4.98 Å². The third-order valence-electron chi connectivity index (χ3n) is 2.18. The molecule has 0 bridgehead atoms. The summed E-state index contributed by atoms with van der Waals surface area (Å²) in [5.41, 5.74) is 6.96. The summed E-state index contributed by atoms with van der Waals surface area (Å²) in [7, 11) is 1.69. The van der Waals surface area contributed by atoms with Crippen molar-refractivity contribution < 1.29 is 0 Å². The molecule has 6 heteroatoms. The Labute approximate surface area is 92.3 Å². The van der Waals surface area contributed by atoms with Crippen molar-refractivity contribution in [1.82, 2.24) is 14.8 Å². The molecule has 0 unspecified atom stereocenters. The molecule has 0 saturated heterocycles. The van der Waals surface area contributed by atoms with E-state index < -0.39 is 0 Å². The van der Waals surface area contributed by atoms with Crippen LogP contribution in [0.3, 0.4) is 0 Å². The standard InChI is InChI=1S/C10H10N6/c1-13-10-8(6-11)9(12)16(15-10)7-2-4-14-5-3-7/h2-5H,12H2,1H3,(H,13,15). The van der Waals surface area contributed by atoms with Crippen LogP contribution in [0.2, 0.25) is 0 Å². The van der Waals surface area contributed by atoms with E-state index in [1.54, 1.807) is 31.6 Å². The Balaban J connectivity index is 2.60. The molecule has 6 nitrogen and oxygen atoms in total. The zero-order valence-corrected chi connectivity index (χ0v) is 8.68. The second kappa shape index (κ2) is 3.90. The van der Waals surface area contributed by atoms with Crippen molar-refractivity contribution >= 4 is 11.6 Å². The molecule has 0 aliphatic carbocycles. The van der Waals surface area contributed by atoms with E-state index in [4.69, 9.17) is 11.0 Å². The lowest BCUT2D eigenvalue weighted by atomic mass is 10.3. The summed E-state index contributed by atoms with van der Waals surface area (Å²) in [6, 6.07) is 5.55. The highest BCUT2D eigenvalue weighted by atomic mass is 15.3. The number of pyridine rings is 1. The van der Waals surface area contributed by atoms with Gasteiger partial charge in [0.05, 0.1) is 5.69 Å². The van der Waals surface area contributed by atoms with Crippen LogP contribution in [-0.4, -0.2) is 21.8 Å². The first kappa shape index (κ1) is 9.98. The van der Waals surface area contributed by atoms with Gasteiger partial charge in [-0.25, -0.2) is 4.68 Å². The van der Waals surface area contributed by atoms with Crippen LogP contribution in [0.1, 0.15) is 5.56 Å². The summed E-state index contributed by atoms with van der Waals surface area (Å²) in [6.07, 6.45) is 3.28. The van der Waals surface area contributed by atoms with E-state index >= 15 is 0 Å². The maximum absolute atomic E-state index is 8.95. The molecule has 0 saturated carbocycles. The highest BCUT2D eigenvalue weighted by Crippen LogP contribution is 2.22. The molecule has 3 N–H and O–H groups in total. The maximum atomic E-state index is 8.95. The predicted molar refractivity (Wildman–Crippen MR) is 60.0 cm³/mol. The average molecular weight is 214 g/mol. The van der Waals surface area contributed by atoms with Gasteiger partial charge in [-0.05, 0) is 12.1 Å². The molecule has 0 fully saturated rings. The average Bonchev–Trinajstić information content (AvgIpc) is 2.66.